The molecule has 0 saturated carbocycles. The fourth-order valence-corrected chi connectivity index (χ4v) is 4.58. The van der Waals surface area contributed by atoms with Crippen LogP contribution in [-0.4, -0.2) is 41.0 Å². The Labute approximate surface area is 191 Å². The molecule has 0 fully saturated rings. The second-order valence-electron chi connectivity index (χ2n) is 6.82. The minimum absolute atomic E-state index is 0.0137. The van der Waals surface area contributed by atoms with Crippen molar-refractivity contribution in [2.75, 3.05) is 30.4 Å². The summed E-state index contributed by atoms with van der Waals surface area (Å²) in [5.41, 5.74) is 5.75. The fourth-order valence-electron chi connectivity index (χ4n) is 3.14. The van der Waals surface area contributed by atoms with Gasteiger partial charge in [0.05, 0.1) is 36.1 Å². The molecule has 3 aromatic rings. The number of carbonyl (C=O) groups excluding carboxylic acids is 2. The van der Waals surface area contributed by atoms with Crippen molar-refractivity contribution in [2.45, 2.75) is 4.90 Å². The van der Waals surface area contributed by atoms with E-state index in [2.05, 4.69) is 5.32 Å². The van der Waals surface area contributed by atoms with E-state index in [1.54, 1.807) is 42.5 Å². The molecule has 33 heavy (non-hydrogen) atoms. The highest BCUT2D eigenvalue weighted by Crippen LogP contribution is 2.35. The van der Waals surface area contributed by atoms with Crippen molar-refractivity contribution in [3.63, 3.8) is 0 Å². The second-order valence-corrected chi connectivity index (χ2v) is 8.68. The first-order chi connectivity index (χ1) is 15.8. The number of ether oxygens (including phenoxy) is 2. The largest absolute Gasteiger partial charge is 0.497 e. The molecule has 0 atom stereocenters. The molecule has 0 aliphatic heterocycles. The van der Waals surface area contributed by atoms with Crippen molar-refractivity contribution in [1.29, 1.82) is 0 Å². The first-order valence-electron chi connectivity index (χ1n) is 9.76. The minimum Gasteiger partial charge on any atom is -0.497 e. The van der Waals surface area contributed by atoms with Crippen LogP contribution >= 0.6 is 0 Å². The molecule has 172 valence electrons. The average molecular weight is 470 g/mol. The number of sulfonamides is 1. The summed E-state index contributed by atoms with van der Waals surface area (Å²) in [6.45, 7) is -0.603. The molecule has 10 heteroatoms. The van der Waals surface area contributed by atoms with Crippen molar-refractivity contribution >= 4 is 33.2 Å². The van der Waals surface area contributed by atoms with Crippen LogP contribution in [0, 0.1) is 0 Å². The molecule has 0 heterocycles. The number of nitrogens with two attached hydrogens (primary N) is 1. The van der Waals surface area contributed by atoms with Crippen molar-refractivity contribution in [1.82, 2.24) is 0 Å². The number of carbonyl (C=O) groups is 2. The van der Waals surface area contributed by atoms with E-state index in [0.29, 0.717) is 5.75 Å². The molecular formula is C23H23N3O6S. The highest BCUT2D eigenvalue weighted by Gasteiger charge is 2.30. The summed E-state index contributed by atoms with van der Waals surface area (Å²) < 4.78 is 38.6. The maximum Gasteiger partial charge on any atom is 0.264 e. The molecule has 0 saturated heterocycles. The zero-order chi connectivity index (χ0) is 24.0. The molecular weight excluding hydrogens is 446 g/mol. The number of hydrogen-bond acceptors (Lipinski definition) is 6. The van der Waals surface area contributed by atoms with Crippen LogP contribution in [0.15, 0.2) is 77.7 Å². The molecule has 0 bridgehead atoms. The molecule has 0 radical (unpaired) electrons. The van der Waals surface area contributed by atoms with Gasteiger partial charge in [-0.1, -0.05) is 30.3 Å². The van der Waals surface area contributed by atoms with Crippen molar-refractivity contribution in [2.24, 2.45) is 5.73 Å². The number of nitrogens with zero attached hydrogens (tertiary/aromatic N) is 1. The van der Waals surface area contributed by atoms with Gasteiger partial charge in [-0.3, -0.25) is 13.9 Å². The summed E-state index contributed by atoms with van der Waals surface area (Å²) >= 11 is 0. The van der Waals surface area contributed by atoms with E-state index in [4.69, 9.17) is 15.2 Å². The Bertz CT molecular complexity index is 1260. The Balaban J connectivity index is 2.06. The fraction of sp³-hybridized carbons (Fsp3) is 0.130. The molecule has 2 amide bonds. The van der Waals surface area contributed by atoms with E-state index in [1.807, 2.05) is 0 Å². The zero-order valence-electron chi connectivity index (χ0n) is 18.0. The third-order valence-electron chi connectivity index (χ3n) is 4.74. The highest BCUT2D eigenvalue weighted by atomic mass is 32.2. The Kier molecular flexibility index (Phi) is 7.19. The molecule has 0 aliphatic rings. The number of rotatable bonds is 9. The number of amides is 2. The van der Waals surface area contributed by atoms with Crippen LogP contribution in [0.3, 0.4) is 0 Å². The Morgan fingerprint density at radius 1 is 0.939 bits per heavy atom. The van der Waals surface area contributed by atoms with Crippen LogP contribution in [0.2, 0.25) is 0 Å². The van der Waals surface area contributed by atoms with Gasteiger partial charge in [0.1, 0.15) is 18.0 Å². The van der Waals surface area contributed by atoms with Gasteiger partial charge in [0.2, 0.25) is 5.91 Å². The standard InChI is InChI=1S/C23H23N3O6S/c1-31-16-12-13-21(32-2)20(14-16)26(33(29,30)17-8-4-3-5-9-17)15-22(27)25-19-11-7-6-10-18(19)23(24)28/h3-14H,15H2,1-2H3,(H2,24,28)(H,25,27). The van der Waals surface area contributed by atoms with Crippen molar-refractivity contribution < 1.29 is 27.5 Å². The lowest BCUT2D eigenvalue weighted by molar-refractivity contribution is -0.114. The molecule has 3 aromatic carbocycles. The van der Waals surface area contributed by atoms with Gasteiger partial charge in [-0.05, 0) is 36.4 Å². The monoisotopic (exact) mass is 469 g/mol. The SMILES string of the molecule is COc1ccc(OC)c(N(CC(=O)Nc2ccccc2C(N)=O)S(=O)(=O)c2ccccc2)c1. The third kappa shape index (κ3) is 5.24. The summed E-state index contributed by atoms with van der Waals surface area (Å²) in [6, 6.07) is 18.5. The molecule has 3 rings (SSSR count). The van der Waals surface area contributed by atoms with E-state index in [1.165, 1.54) is 44.6 Å². The van der Waals surface area contributed by atoms with Crippen LogP contribution in [0.25, 0.3) is 0 Å². The van der Waals surface area contributed by atoms with Gasteiger partial charge in [-0.25, -0.2) is 8.42 Å². The Morgan fingerprint density at radius 2 is 1.61 bits per heavy atom. The average Bonchev–Trinajstić information content (AvgIpc) is 2.82. The van der Waals surface area contributed by atoms with E-state index in [0.717, 1.165) is 4.31 Å². The van der Waals surface area contributed by atoms with E-state index in [-0.39, 0.29) is 27.6 Å². The minimum atomic E-state index is -4.18. The van der Waals surface area contributed by atoms with Crippen LogP contribution in [0.5, 0.6) is 11.5 Å². The summed E-state index contributed by atoms with van der Waals surface area (Å²) in [5.74, 6) is -0.818. The van der Waals surface area contributed by atoms with Gasteiger partial charge in [0, 0.05) is 6.07 Å². The van der Waals surface area contributed by atoms with Crippen LogP contribution in [0.4, 0.5) is 11.4 Å². The quantitative estimate of drug-likeness (QED) is 0.496. The predicted octanol–water partition coefficient (Wildman–Crippen LogP) is 2.64. The van der Waals surface area contributed by atoms with Crippen LogP contribution in [-0.2, 0) is 14.8 Å². The lowest BCUT2D eigenvalue weighted by atomic mass is 10.1. The van der Waals surface area contributed by atoms with Crippen LogP contribution < -0.4 is 24.8 Å². The lowest BCUT2D eigenvalue weighted by Gasteiger charge is -2.26. The van der Waals surface area contributed by atoms with Gasteiger partial charge >= 0.3 is 0 Å². The van der Waals surface area contributed by atoms with E-state index >= 15 is 0 Å². The smallest absolute Gasteiger partial charge is 0.264 e. The van der Waals surface area contributed by atoms with Gasteiger partial charge < -0.3 is 20.5 Å². The zero-order valence-corrected chi connectivity index (χ0v) is 18.8. The van der Waals surface area contributed by atoms with Gasteiger partial charge in [0.15, 0.2) is 0 Å². The first kappa shape index (κ1) is 23.6. The summed E-state index contributed by atoms with van der Waals surface area (Å²) in [6.07, 6.45) is 0. The summed E-state index contributed by atoms with van der Waals surface area (Å²) in [5, 5.41) is 2.56. The van der Waals surface area contributed by atoms with Crippen molar-refractivity contribution in [3.05, 3.63) is 78.4 Å². The number of methoxy groups -OCH3 is 2. The molecule has 3 N–H and O–H groups in total. The molecule has 0 unspecified atom stereocenters. The van der Waals surface area contributed by atoms with Crippen LogP contribution in [0.1, 0.15) is 10.4 Å². The molecule has 0 aromatic heterocycles. The highest BCUT2D eigenvalue weighted by molar-refractivity contribution is 7.92. The third-order valence-corrected chi connectivity index (χ3v) is 6.51. The topological polar surface area (TPSA) is 128 Å². The normalized spacial score (nSPS) is 10.8. The van der Waals surface area contributed by atoms with Gasteiger partial charge in [-0.15, -0.1) is 0 Å². The number of hydrogen-bond donors (Lipinski definition) is 2. The maximum atomic E-state index is 13.5. The first-order valence-corrected chi connectivity index (χ1v) is 11.2. The van der Waals surface area contributed by atoms with E-state index in [9.17, 15) is 18.0 Å². The maximum absolute atomic E-state index is 13.5. The Morgan fingerprint density at radius 3 is 2.24 bits per heavy atom. The van der Waals surface area contributed by atoms with Gasteiger partial charge in [0.25, 0.3) is 15.9 Å². The Hall–Kier alpha value is -4.05. The summed E-state index contributed by atoms with van der Waals surface area (Å²) in [7, 11) is -1.35. The summed E-state index contributed by atoms with van der Waals surface area (Å²) in [4.78, 5) is 24.6. The number of nitrogens with one attached hydrogen (secondary N) is 1. The molecule has 0 spiro atoms. The van der Waals surface area contributed by atoms with Gasteiger partial charge in [-0.2, -0.15) is 0 Å². The van der Waals surface area contributed by atoms with Crippen molar-refractivity contribution in [3.8, 4) is 11.5 Å². The number of primary amides is 1. The predicted molar refractivity (Wildman–Crippen MR) is 124 cm³/mol. The van der Waals surface area contributed by atoms with E-state index < -0.39 is 28.4 Å². The second kappa shape index (κ2) is 10.0. The number of anilines is 2. The number of benzene rings is 3. The number of para-hydroxylation sites is 1. The lowest BCUT2D eigenvalue weighted by Crippen LogP contribution is -2.38. The molecule has 0 aliphatic carbocycles. The molecule has 9 nitrogen and oxygen atoms in total.